The minimum atomic E-state index is 0.258. The summed E-state index contributed by atoms with van der Waals surface area (Å²) in [5, 5.41) is 0. The smallest absolute Gasteiger partial charge is 0.222 e. The maximum absolute atomic E-state index is 11.9. The Kier molecular flexibility index (Phi) is 4.59. The molecule has 0 aromatic rings. The molecule has 1 fully saturated rings. The molecule has 0 aromatic heterocycles. The molecule has 0 unspecified atom stereocenters. The molecule has 0 atom stereocenters. The first-order chi connectivity index (χ1) is 7.78. The van der Waals surface area contributed by atoms with Gasteiger partial charge in [0.15, 0.2) is 0 Å². The number of nitrogens with two attached hydrogens (primary N) is 1. The highest BCUT2D eigenvalue weighted by Crippen LogP contribution is 2.44. The van der Waals surface area contributed by atoms with Crippen LogP contribution in [0.1, 0.15) is 52.9 Å². The third kappa shape index (κ3) is 5.07. The molecule has 3 nitrogen and oxygen atoms in total. The number of amides is 1. The Bertz CT molecular complexity index is 264. The summed E-state index contributed by atoms with van der Waals surface area (Å²) in [4.78, 5) is 13.8. The summed E-state index contributed by atoms with van der Waals surface area (Å²) in [6.45, 7) is 8.21. The minimum absolute atomic E-state index is 0.258. The summed E-state index contributed by atoms with van der Waals surface area (Å²) in [7, 11) is 1.91. The van der Waals surface area contributed by atoms with Gasteiger partial charge in [0.25, 0.3) is 0 Å². The van der Waals surface area contributed by atoms with E-state index in [1.165, 1.54) is 12.8 Å². The molecule has 0 aliphatic heterocycles. The Morgan fingerprint density at radius 2 is 1.94 bits per heavy atom. The molecule has 0 bridgehead atoms. The maximum Gasteiger partial charge on any atom is 0.222 e. The van der Waals surface area contributed by atoms with E-state index < -0.39 is 0 Å². The van der Waals surface area contributed by atoms with Gasteiger partial charge in [-0.15, -0.1) is 0 Å². The van der Waals surface area contributed by atoms with E-state index in [1.54, 1.807) is 0 Å². The topological polar surface area (TPSA) is 46.3 Å². The van der Waals surface area contributed by atoms with Crippen LogP contribution in [-0.2, 0) is 4.79 Å². The lowest BCUT2D eigenvalue weighted by Gasteiger charge is -2.24. The Balaban J connectivity index is 2.23. The molecule has 1 aliphatic rings. The number of nitrogens with zero attached hydrogens (tertiary/aromatic N) is 1. The van der Waals surface area contributed by atoms with Gasteiger partial charge in [-0.05, 0) is 37.6 Å². The number of hydrogen-bond acceptors (Lipinski definition) is 2. The van der Waals surface area contributed by atoms with Crippen molar-refractivity contribution in [3.8, 4) is 0 Å². The quantitative estimate of drug-likeness (QED) is 0.775. The van der Waals surface area contributed by atoms with Gasteiger partial charge >= 0.3 is 0 Å². The van der Waals surface area contributed by atoms with Gasteiger partial charge in [0.2, 0.25) is 5.91 Å². The number of carbonyl (C=O) groups is 1. The van der Waals surface area contributed by atoms with Crippen molar-refractivity contribution in [3.63, 3.8) is 0 Å². The molecule has 0 aromatic carbocycles. The molecular weight excluding hydrogens is 212 g/mol. The first kappa shape index (κ1) is 14.5. The first-order valence-electron chi connectivity index (χ1n) is 6.72. The maximum atomic E-state index is 11.9. The second-order valence-electron chi connectivity index (χ2n) is 6.87. The monoisotopic (exact) mass is 240 g/mol. The summed E-state index contributed by atoms with van der Waals surface area (Å²) in [6, 6.07) is 0. The molecule has 1 amide bonds. The van der Waals surface area contributed by atoms with Gasteiger partial charge in [-0.1, -0.05) is 20.8 Å². The third-order valence-electron chi connectivity index (χ3n) is 3.71. The molecule has 0 heterocycles. The van der Waals surface area contributed by atoms with Crippen LogP contribution < -0.4 is 5.73 Å². The van der Waals surface area contributed by atoms with E-state index in [2.05, 4.69) is 20.8 Å². The predicted octanol–water partition coefficient (Wildman–Crippen LogP) is 2.40. The number of hydrogen-bond donors (Lipinski definition) is 1. The molecule has 1 aliphatic carbocycles. The lowest BCUT2D eigenvalue weighted by molar-refractivity contribution is -0.130. The molecule has 1 saturated carbocycles. The Morgan fingerprint density at radius 1 is 1.35 bits per heavy atom. The van der Waals surface area contributed by atoms with Crippen molar-refractivity contribution >= 4 is 5.91 Å². The largest absolute Gasteiger partial charge is 0.345 e. The van der Waals surface area contributed by atoms with Crippen molar-refractivity contribution in [1.82, 2.24) is 4.90 Å². The zero-order valence-corrected chi connectivity index (χ0v) is 11.9. The summed E-state index contributed by atoms with van der Waals surface area (Å²) in [5.74, 6) is 0.272. The van der Waals surface area contributed by atoms with Gasteiger partial charge in [0.1, 0.15) is 0 Å². The van der Waals surface area contributed by atoms with Crippen LogP contribution in [0.2, 0.25) is 0 Å². The fraction of sp³-hybridized carbons (Fsp3) is 0.929. The molecule has 1 rings (SSSR count). The van der Waals surface area contributed by atoms with Crippen LogP contribution in [0.15, 0.2) is 0 Å². The Hall–Kier alpha value is -0.570. The molecule has 0 spiro atoms. The highest BCUT2D eigenvalue weighted by molar-refractivity contribution is 5.75. The lowest BCUT2D eigenvalue weighted by Crippen LogP contribution is -2.35. The summed E-state index contributed by atoms with van der Waals surface area (Å²) in [6.07, 6.45) is 5.14. The molecule has 0 radical (unpaired) electrons. The highest BCUT2D eigenvalue weighted by Gasteiger charge is 2.42. The number of rotatable bonds is 6. The average molecular weight is 240 g/mol. The SMILES string of the molecule is CN(CC1(CN)CC1)C(=O)CCCC(C)(C)C. The number of carbonyl (C=O) groups excluding carboxylic acids is 1. The van der Waals surface area contributed by atoms with Crippen molar-refractivity contribution < 1.29 is 4.79 Å². The Labute approximate surface area is 106 Å². The van der Waals surface area contributed by atoms with Crippen LogP contribution in [0.4, 0.5) is 0 Å². The van der Waals surface area contributed by atoms with E-state index in [4.69, 9.17) is 5.73 Å². The van der Waals surface area contributed by atoms with Gasteiger partial charge in [-0.2, -0.15) is 0 Å². The second-order valence-corrected chi connectivity index (χ2v) is 6.87. The zero-order valence-electron chi connectivity index (χ0n) is 11.9. The third-order valence-corrected chi connectivity index (χ3v) is 3.71. The van der Waals surface area contributed by atoms with Crippen molar-refractivity contribution in [3.05, 3.63) is 0 Å². The van der Waals surface area contributed by atoms with Crippen molar-refractivity contribution in [1.29, 1.82) is 0 Å². The molecule has 3 heteroatoms. The van der Waals surface area contributed by atoms with Gasteiger partial charge in [0.05, 0.1) is 0 Å². The van der Waals surface area contributed by atoms with Crippen LogP contribution in [0.25, 0.3) is 0 Å². The van der Waals surface area contributed by atoms with E-state index in [0.29, 0.717) is 18.4 Å². The Morgan fingerprint density at radius 3 is 2.35 bits per heavy atom. The molecule has 0 saturated heterocycles. The van der Waals surface area contributed by atoms with Gasteiger partial charge in [0, 0.05) is 25.4 Å². The van der Waals surface area contributed by atoms with Crippen LogP contribution in [-0.4, -0.2) is 30.9 Å². The van der Waals surface area contributed by atoms with E-state index in [0.717, 1.165) is 19.4 Å². The van der Waals surface area contributed by atoms with Crippen molar-refractivity contribution in [2.75, 3.05) is 20.1 Å². The first-order valence-corrected chi connectivity index (χ1v) is 6.72. The standard InChI is InChI=1S/C14H28N2O/c1-13(2,3)7-5-6-12(17)16(4)11-14(10-15)8-9-14/h5-11,15H2,1-4H3. The zero-order chi connectivity index (χ0) is 13.1. The van der Waals surface area contributed by atoms with E-state index in [9.17, 15) is 4.79 Å². The predicted molar refractivity (Wildman–Crippen MR) is 71.7 cm³/mol. The van der Waals surface area contributed by atoms with Crippen LogP contribution in [0, 0.1) is 10.8 Å². The fourth-order valence-electron chi connectivity index (χ4n) is 2.16. The molecular formula is C14H28N2O. The average Bonchev–Trinajstić information content (AvgIpc) is 2.96. The minimum Gasteiger partial charge on any atom is -0.345 e. The van der Waals surface area contributed by atoms with Gasteiger partial charge < -0.3 is 10.6 Å². The van der Waals surface area contributed by atoms with E-state index >= 15 is 0 Å². The summed E-state index contributed by atoms with van der Waals surface area (Å²) < 4.78 is 0. The molecule has 17 heavy (non-hydrogen) atoms. The highest BCUT2D eigenvalue weighted by atomic mass is 16.2. The van der Waals surface area contributed by atoms with Crippen LogP contribution in [0.3, 0.4) is 0 Å². The molecule has 100 valence electrons. The summed E-state index contributed by atoms with van der Waals surface area (Å²) >= 11 is 0. The van der Waals surface area contributed by atoms with Gasteiger partial charge in [-0.25, -0.2) is 0 Å². The van der Waals surface area contributed by atoms with E-state index in [-0.39, 0.29) is 11.3 Å². The van der Waals surface area contributed by atoms with E-state index in [1.807, 2.05) is 11.9 Å². The lowest BCUT2D eigenvalue weighted by atomic mass is 9.90. The fourth-order valence-corrected chi connectivity index (χ4v) is 2.16. The summed E-state index contributed by atoms with van der Waals surface area (Å²) in [5.41, 5.74) is 6.32. The van der Waals surface area contributed by atoms with Crippen LogP contribution in [0.5, 0.6) is 0 Å². The molecule has 2 N–H and O–H groups in total. The second kappa shape index (κ2) is 5.38. The van der Waals surface area contributed by atoms with Crippen molar-refractivity contribution in [2.24, 2.45) is 16.6 Å². The van der Waals surface area contributed by atoms with Crippen LogP contribution >= 0.6 is 0 Å². The normalized spacial score (nSPS) is 17.9. The van der Waals surface area contributed by atoms with Crippen molar-refractivity contribution in [2.45, 2.75) is 52.9 Å². The van der Waals surface area contributed by atoms with Gasteiger partial charge in [-0.3, -0.25) is 4.79 Å².